The zero-order valence-electron chi connectivity index (χ0n) is 13.4. The van der Waals surface area contributed by atoms with E-state index in [2.05, 4.69) is 25.6 Å². The number of aromatic nitrogens is 3. The van der Waals surface area contributed by atoms with E-state index in [-0.39, 0.29) is 11.0 Å². The van der Waals surface area contributed by atoms with Gasteiger partial charge in [-0.05, 0) is 42.3 Å². The SMILES string of the molecule is CCNc1cc2nc(Cl)nc(NCc3ccncc3)c2cc1[N+](=O)[O-]. The lowest BCUT2D eigenvalue weighted by molar-refractivity contribution is -0.383. The Balaban J connectivity index is 2.05. The van der Waals surface area contributed by atoms with Crippen molar-refractivity contribution in [2.45, 2.75) is 13.5 Å². The zero-order valence-corrected chi connectivity index (χ0v) is 14.1. The Labute approximate surface area is 148 Å². The Morgan fingerprint density at radius 2 is 1.96 bits per heavy atom. The normalized spacial score (nSPS) is 10.6. The largest absolute Gasteiger partial charge is 0.380 e. The number of pyridine rings is 1. The number of fused-ring (bicyclic) bond motifs is 1. The standard InChI is InChI=1S/C16H15ClN6O2/c1-2-19-13-8-12-11(7-14(13)23(24)25)15(22-16(17)21-12)20-9-10-3-5-18-6-4-10/h3-8,19H,2,9H2,1H3,(H,20,21,22). The highest BCUT2D eigenvalue weighted by Crippen LogP contribution is 2.33. The number of anilines is 2. The molecule has 2 aromatic heterocycles. The Morgan fingerprint density at radius 1 is 1.20 bits per heavy atom. The van der Waals surface area contributed by atoms with Gasteiger partial charge in [0, 0.05) is 36.9 Å². The molecule has 0 radical (unpaired) electrons. The van der Waals surface area contributed by atoms with Gasteiger partial charge < -0.3 is 10.6 Å². The molecule has 25 heavy (non-hydrogen) atoms. The molecule has 8 nitrogen and oxygen atoms in total. The molecule has 0 aliphatic rings. The van der Waals surface area contributed by atoms with E-state index >= 15 is 0 Å². The second-order valence-corrected chi connectivity index (χ2v) is 5.56. The van der Waals surface area contributed by atoms with Gasteiger partial charge in [-0.1, -0.05) is 0 Å². The highest BCUT2D eigenvalue weighted by Gasteiger charge is 2.18. The van der Waals surface area contributed by atoms with Crippen molar-refractivity contribution in [2.75, 3.05) is 17.2 Å². The van der Waals surface area contributed by atoms with Crippen LogP contribution in [0.1, 0.15) is 12.5 Å². The first kappa shape index (κ1) is 16.8. The quantitative estimate of drug-likeness (QED) is 0.393. The van der Waals surface area contributed by atoms with Crippen molar-refractivity contribution in [3.63, 3.8) is 0 Å². The molecule has 0 spiro atoms. The summed E-state index contributed by atoms with van der Waals surface area (Å²) in [6, 6.07) is 6.80. The first-order valence-electron chi connectivity index (χ1n) is 7.61. The molecular formula is C16H15ClN6O2. The maximum absolute atomic E-state index is 11.4. The van der Waals surface area contributed by atoms with Crippen molar-refractivity contribution < 1.29 is 4.92 Å². The third-order valence-electron chi connectivity index (χ3n) is 3.56. The highest BCUT2D eigenvalue weighted by molar-refractivity contribution is 6.28. The molecular weight excluding hydrogens is 344 g/mol. The molecule has 0 fully saturated rings. The van der Waals surface area contributed by atoms with Crippen LogP contribution in [0.2, 0.25) is 5.28 Å². The molecule has 2 heterocycles. The molecule has 9 heteroatoms. The Morgan fingerprint density at radius 3 is 2.64 bits per heavy atom. The molecule has 0 bridgehead atoms. The van der Waals surface area contributed by atoms with Crippen LogP contribution in [-0.2, 0) is 6.54 Å². The van der Waals surface area contributed by atoms with Crippen molar-refractivity contribution >= 4 is 39.7 Å². The molecule has 0 amide bonds. The van der Waals surface area contributed by atoms with Crippen molar-refractivity contribution in [3.8, 4) is 0 Å². The third kappa shape index (κ3) is 3.74. The monoisotopic (exact) mass is 358 g/mol. The second-order valence-electron chi connectivity index (χ2n) is 5.22. The number of hydrogen-bond acceptors (Lipinski definition) is 7. The van der Waals surface area contributed by atoms with Crippen LogP contribution in [0.4, 0.5) is 17.2 Å². The minimum Gasteiger partial charge on any atom is -0.380 e. The molecule has 2 N–H and O–H groups in total. The van der Waals surface area contributed by atoms with Crippen LogP contribution in [0.3, 0.4) is 0 Å². The summed E-state index contributed by atoms with van der Waals surface area (Å²) in [7, 11) is 0. The van der Waals surface area contributed by atoms with E-state index in [0.29, 0.717) is 35.5 Å². The van der Waals surface area contributed by atoms with Crippen LogP contribution in [0.25, 0.3) is 10.9 Å². The van der Waals surface area contributed by atoms with Gasteiger partial charge >= 0.3 is 0 Å². The topological polar surface area (TPSA) is 106 Å². The fourth-order valence-corrected chi connectivity index (χ4v) is 2.62. The second kappa shape index (κ2) is 7.27. The van der Waals surface area contributed by atoms with E-state index in [0.717, 1.165) is 5.56 Å². The average molecular weight is 359 g/mol. The summed E-state index contributed by atoms with van der Waals surface area (Å²) in [5.41, 5.74) is 1.89. The number of nitro groups is 1. The van der Waals surface area contributed by atoms with Gasteiger partial charge in [0.25, 0.3) is 5.69 Å². The fourth-order valence-electron chi connectivity index (χ4n) is 2.44. The number of halogens is 1. The summed E-state index contributed by atoms with van der Waals surface area (Å²) in [5, 5.41) is 18.1. The summed E-state index contributed by atoms with van der Waals surface area (Å²) < 4.78 is 0. The van der Waals surface area contributed by atoms with Crippen molar-refractivity contribution in [1.29, 1.82) is 0 Å². The number of benzene rings is 1. The maximum Gasteiger partial charge on any atom is 0.293 e. The molecule has 0 saturated heterocycles. The summed E-state index contributed by atoms with van der Waals surface area (Å²) in [6.07, 6.45) is 3.38. The van der Waals surface area contributed by atoms with E-state index < -0.39 is 4.92 Å². The van der Waals surface area contributed by atoms with Crippen LogP contribution in [0, 0.1) is 10.1 Å². The van der Waals surface area contributed by atoms with Gasteiger partial charge in [0.1, 0.15) is 11.5 Å². The molecule has 0 aliphatic heterocycles. The Bertz CT molecular complexity index is 919. The molecule has 3 rings (SSSR count). The number of hydrogen-bond donors (Lipinski definition) is 2. The summed E-state index contributed by atoms with van der Waals surface area (Å²) >= 11 is 6.01. The van der Waals surface area contributed by atoms with E-state index in [1.807, 2.05) is 19.1 Å². The van der Waals surface area contributed by atoms with E-state index in [9.17, 15) is 10.1 Å². The Hall–Kier alpha value is -3.00. The Kier molecular flexibility index (Phi) is 4.90. The number of nitrogens with one attached hydrogen (secondary N) is 2. The van der Waals surface area contributed by atoms with Gasteiger partial charge in [0.15, 0.2) is 0 Å². The van der Waals surface area contributed by atoms with Crippen molar-refractivity contribution in [1.82, 2.24) is 15.0 Å². The molecule has 3 aromatic rings. The number of nitro benzene ring substituents is 1. The van der Waals surface area contributed by atoms with Crippen LogP contribution in [0.15, 0.2) is 36.7 Å². The summed E-state index contributed by atoms with van der Waals surface area (Å²) in [6.45, 7) is 2.90. The molecule has 128 valence electrons. The van der Waals surface area contributed by atoms with Crippen LogP contribution < -0.4 is 10.6 Å². The van der Waals surface area contributed by atoms with Crippen molar-refractivity contribution in [3.05, 3.63) is 57.6 Å². The van der Waals surface area contributed by atoms with E-state index in [1.165, 1.54) is 6.07 Å². The fraction of sp³-hybridized carbons (Fsp3) is 0.188. The van der Waals surface area contributed by atoms with E-state index in [1.54, 1.807) is 18.5 Å². The molecule has 0 atom stereocenters. The number of nitrogens with zero attached hydrogens (tertiary/aromatic N) is 4. The first-order chi connectivity index (χ1) is 12.1. The van der Waals surface area contributed by atoms with Gasteiger partial charge in [-0.3, -0.25) is 15.1 Å². The lowest BCUT2D eigenvalue weighted by Gasteiger charge is -2.11. The first-order valence-corrected chi connectivity index (χ1v) is 7.98. The van der Waals surface area contributed by atoms with Gasteiger partial charge in [0.05, 0.1) is 10.4 Å². The third-order valence-corrected chi connectivity index (χ3v) is 3.73. The highest BCUT2D eigenvalue weighted by atomic mass is 35.5. The van der Waals surface area contributed by atoms with Crippen molar-refractivity contribution in [2.24, 2.45) is 0 Å². The van der Waals surface area contributed by atoms with Gasteiger partial charge in [-0.25, -0.2) is 9.97 Å². The van der Waals surface area contributed by atoms with Crippen LogP contribution >= 0.6 is 11.6 Å². The molecule has 0 saturated carbocycles. The predicted octanol–water partition coefficient (Wildman–Crippen LogP) is 3.63. The summed E-state index contributed by atoms with van der Waals surface area (Å²) in [4.78, 5) is 23.3. The molecule has 0 unspecified atom stereocenters. The predicted molar refractivity (Wildman–Crippen MR) is 96.9 cm³/mol. The molecule has 0 aliphatic carbocycles. The average Bonchev–Trinajstić information content (AvgIpc) is 2.60. The van der Waals surface area contributed by atoms with Gasteiger partial charge in [-0.15, -0.1) is 0 Å². The lowest BCUT2D eigenvalue weighted by Crippen LogP contribution is -2.05. The minimum atomic E-state index is -0.432. The zero-order chi connectivity index (χ0) is 17.8. The minimum absolute atomic E-state index is 0.0350. The summed E-state index contributed by atoms with van der Waals surface area (Å²) in [5.74, 6) is 0.443. The lowest BCUT2D eigenvalue weighted by atomic mass is 10.1. The van der Waals surface area contributed by atoms with E-state index in [4.69, 9.17) is 11.6 Å². The number of rotatable bonds is 6. The maximum atomic E-state index is 11.4. The van der Waals surface area contributed by atoms with Crippen LogP contribution in [-0.4, -0.2) is 26.4 Å². The van der Waals surface area contributed by atoms with Crippen LogP contribution in [0.5, 0.6) is 0 Å². The smallest absolute Gasteiger partial charge is 0.293 e. The van der Waals surface area contributed by atoms with Gasteiger partial charge in [0.2, 0.25) is 5.28 Å². The van der Waals surface area contributed by atoms with Gasteiger partial charge in [-0.2, -0.15) is 0 Å². The molecule has 1 aromatic carbocycles.